The largest absolute Gasteiger partial charge is 0.394 e. The summed E-state index contributed by atoms with van der Waals surface area (Å²) in [7, 11) is 1.68. The Labute approximate surface area is 185 Å². The van der Waals surface area contributed by atoms with Gasteiger partial charge in [0.15, 0.2) is 0 Å². The van der Waals surface area contributed by atoms with E-state index in [-0.39, 0.29) is 37.1 Å². The van der Waals surface area contributed by atoms with Crippen LogP contribution in [-0.2, 0) is 18.9 Å². The quantitative estimate of drug-likeness (QED) is 0.236. The maximum Gasteiger partial charge on any atom is 0.146 e. The summed E-state index contributed by atoms with van der Waals surface area (Å²) in [5.74, 6) is 0. The molecule has 0 unspecified atom stereocenters. The van der Waals surface area contributed by atoms with Crippen LogP contribution in [0.15, 0.2) is 0 Å². The van der Waals surface area contributed by atoms with Crippen LogP contribution in [-0.4, -0.2) is 56.1 Å². The molecule has 2 aliphatic rings. The van der Waals surface area contributed by atoms with Gasteiger partial charge in [0.05, 0.1) is 37.1 Å². The fraction of sp³-hybridized carbons (Fsp3) is 1.00. The Hall–Kier alpha value is -0.200. The summed E-state index contributed by atoms with van der Waals surface area (Å²) in [4.78, 5) is 0. The van der Waals surface area contributed by atoms with Gasteiger partial charge in [-0.3, -0.25) is 0 Å². The molecule has 2 fully saturated rings. The summed E-state index contributed by atoms with van der Waals surface area (Å²) < 4.78 is 23.6. The summed E-state index contributed by atoms with van der Waals surface area (Å²) in [6.45, 7) is 2.72. The minimum Gasteiger partial charge on any atom is -0.394 e. The van der Waals surface area contributed by atoms with Gasteiger partial charge in [-0.05, 0) is 38.5 Å². The molecular formula is C25H48O5. The topological polar surface area (TPSA) is 57.2 Å². The number of hydrogen-bond acceptors (Lipinski definition) is 5. The van der Waals surface area contributed by atoms with Crippen LogP contribution >= 0.6 is 0 Å². The van der Waals surface area contributed by atoms with Crippen molar-refractivity contribution < 1.29 is 24.1 Å². The van der Waals surface area contributed by atoms with Crippen molar-refractivity contribution in [1.29, 1.82) is 0 Å². The molecule has 2 rings (SSSR count). The summed E-state index contributed by atoms with van der Waals surface area (Å²) in [5.41, 5.74) is 0. The van der Waals surface area contributed by atoms with Crippen LogP contribution in [0.5, 0.6) is 0 Å². The third-order valence-corrected chi connectivity index (χ3v) is 6.74. The molecular weight excluding hydrogens is 380 g/mol. The van der Waals surface area contributed by atoms with Crippen LogP contribution in [0, 0.1) is 0 Å². The Morgan fingerprint density at radius 2 is 1.50 bits per heavy atom. The number of rotatable bonds is 17. The second kappa shape index (κ2) is 16.4. The van der Waals surface area contributed by atoms with Gasteiger partial charge in [-0.15, -0.1) is 0 Å². The number of ether oxygens (including phenoxy) is 4. The highest BCUT2D eigenvalue weighted by Gasteiger charge is 2.38. The van der Waals surface area contributed by atoms with E-state index in [9.17, 15) is 5.11 Å². The third kappa shape index (κ3) is 9.95. The van der Waals surface area contributed by atoms with Crippen molar-refractivity contribution in [1.82, 2.24) is 0 Å². The second-order valence-corrected chi connectivity index (χ2v) is 9.28. The highest BCUT2D eigenvalue weighted by molar-refractivity contribution is 4.86. The number of aliphatic hydroxyl groups is 1. The lowest BCUT2D eigenvalue weighted by Gasteiger charge is -2.33. The highest BCUT2D eigenvalue weighted by Crippen LogP contribution is 2.33. The van der Waals surface area contributed by atoms with E-state index >= 15 is 0 Å². The Balaban J connectivity index is 1.62. The van der Waals surface area contributed by atoms with Gasteiger partial charge in [0.2, 0.25) is 0 Å². The van der Waals surface area contributed by atoms with Crippen LogP contribution in [0.25, 0.3) is 0 Å². The maximum absolute atomic E-state index is 9.41. The molecule has 5 heteroatoms. The Morgan fingerprint density at radius 1 is 0.833 bits per heavy atom. The molecule has 0 bridgehead atoms. The molecule has 2 saturated heterocycles. The first kappa shape index (κ1) is 26.1. The summed E-state index contributed by atoms with van der Waals surface area (Å²) in [5, 5.41) is 9.41. The van der Waals surface area contributed by atoms with Crippen molar-refractivity contribution in [2.24, 2.45) is 0 Å². The van der Waals surface area contributed by atoms with Gasteiger partial charge < -0.3 is 24.1 Å². The minimum absolute atomic E-state index is 0.0152. The zero-order valence-electron chi connectivity index (χ0n) is 19.7. The zero-order chi connectivity index (χ0) is 21.4. The molecule has 2 heterocycles. The first-order valence-electron chi connectivity index (χ1n) is 12.8. The van der Waals surface area contributed by atoms with Gasteiger partial charge in [-0.25, -0.2) is 0 Å². The molecule has 0 saturated carbocycles. The Kier molecular flexibility index (Phi) is 14.3. The summed E-state index contributed by atoms with van der Waals surface area (Å²) in [6, 6.07) is 0. The molecule has 0 amide bonds. The average Bonchev–Trinajstić information content (AvgIpc) is 3.27. The molecule has 1 N–H and O–H groups in total. The molecule has 0 aromatic carbocycles. The molecule has 0 radical (unpaired) electrons. The molecule has 5 atom stereocenters. The number of unbranched alkanes of at least 4 members (excludes halogenated alkanes) is 9. The number of hydrogen-bond donors (Lipinski definition) is 1. The van der Waals surface area contributed by atoms with E-state index in [2.05, 4.69) is 6.92 Å². The molecule has 5 nitrogen and oxygen atoms in total. The summed E-state index contributed by atoms with van der Waals surface area (Å²) in [6.07, 6.45) is 20.2. The molecule has 0 aliphatic carbocycles. The molecule has 178 valence electrons. The van der Waals surface area contributed by atoms with Gasteiger partial charge in [0.25, 0.3) is 0 Å². The van der Waals surface area contributed by atoms with Crippen LogP contribution in [0.4, 0.5) is 0 Å². The molecule has 30 heavy (non-hydrogen) atoms. The van der Waals surface area contributed by atoms with E-state index in [1.54, 1.807) is 7.11 Å². The highest BCUT2D eigenvalue weighted by atomic mass is 16.7. The predicted molar refractivity (Wildman–Crippen MR) is 121 cm³/mol. The molecule has 2 aliphatic heterocycles. The van der Waals surface area contributed by atoms with Crippen LogP contribution in [0.1, 0.15) is 110 Å². The van der Waals surface area contributed by atoms with E-state index in [1.807, 2.05) is 0 Å². The first-order chi connectivity index (χ1) is 14.8. The van der Waals surface area contributed by atoms with Gasteiger partial charge in [-0.2, -0.15) is 0 Å². The van der Waals surface area contributed by atoms with Gasteiger partial charge >= 0.3 is 0 Å². The normalized spacial score (nSPS) is 28.1. The Bertz CT molecular complexity index is 405. The molecule has 0 aromatic heterocycles. The van der Waals surface area contributed by atoms with Gasteiger partial charge in [0.1, 0.15) is 6.79 Å². The van der Waals surface area contributed by atoms with Crippen LogP contribution < -0.4 is 0 Å². The fourth-order valence-electron chi connectivity index (χ4n) is 4.94. The lowest BCUT2D eigenvalue weighted by atomic mass is 9.98. The minimum atomic E-state index is -0.0152. The van der Waals surface area contributed by atoms with E-state index in [1.165, 1.54) is 64.2 Å². The standard InChI is InChI=1S/C25H48O5/c1-3-4-5-6-7-8-9-10-11-12-15-22(28-20-27-2)24-17-18-25(30-24)23-16-13-14-21(19-26)29-23/h21-26H,3-20H2,1-2H3/t21-,22+,23-,24+,25+/m0/s1. The van der Waals surface area contributed by atoms with Crippen LogP contribution in [0.2, 0.25) is 0 Å². The lowest BCUT2D eigenvalue weighted by molar-refractivity contribution is -0.162. The second-order valence-electron chi connectivity index (χ2n) is 9.28. The SMILES string of the molecule is CCCCCCCCCCCC[C@@H](OCOC)[C@H]1CC[C@H]([C@@H]2CCC[C@@H](CO)O2)O1. The number of methoxy groups -OCH3 is 1. The monoisotopic (exact) mass is 428 g/mol. The van der Waals surface area contributed by atoms with Crippen molar-refractivity contribution in [2.45, 2.75) is 140 Å². The lowest BCUT2D eigenvalue weighted by Crippen LogP contribution is -2.39. The summed E-state index contributed by atoms with van der Waals surface area (Å²) >= 11 is 0. The van der Waals surface area contributed by atoms with Crippen LogP contribution in [0.3, 0.4) is 0 Å². The van der Waals surface area contributed by atoms with Gasteiger partial charge in [0, 0.05) is 7.11 Å². The van der Waals surface area contributed by atoms with E-state index in [4.69, 9.17) is 18.9 Å². The van der Waals surface area contributed by atoms with Crippen molar-refractivity contribution in [3.63, 3.8) is 0 Å². The van der Waals surface area contributed by atoms with Crippen molar-refractivity contribution in [2.75, 3.05) is 20.5 Å². The molecule has 0 spiro atoms. The first-order valence-corrected chi connectivity index (χ1v) is 12.8. The Morgan fingerprint density at radius 3 is 2.17 bits per heavy atom. The zero-order valence-corrected chi connectivity index (χ0v) is 19.7. The maximum atomic E-state index is 9.41. The smallest absolute Gasteiger partial charge is 0.146 e. The van der Waals surface area contributed by atoms with Crippen molar-refractivity contribution in [3.05, 3.63) is 0 Å². The van der Waals surface area contributed by atoms with E-state index in [0.29, 0.717) is 6.79 Å². The predicted octanol–water partition coefficient (Wildman–Crippen LogP) is 5.76. The third-order valence-electron chi connectivity index (χ3n) is 6.74. The number of aliphatic hydroxyl groups excluding tert-OH is 1. The fourth-order valence-corrected chi connectivity index (χ4v) is 4.94. The average molecular weight is 429 g/mol. The van der Waals surface area contributed by atoms with Crippen molar-refractivity contribution in [3.8, 4) is 0 Å². The van der Waals surface area contributed by atoms with E-state index < -0.39 is 0 Å². The van der Waals surface area contributed by atoms with Crippen molar-refractivity contribution >= 4 is 0 Å². The van der Waals surface area contributed by atoms with Gasteiger partial charge in [-0.1, -0.05) is 71.1 Å². The van der Waals surface area contributed by atoms with E-state index in [0.717, 1.165) is 38.5 Å². The molecule has 0 aromatic rings.